The van der Waals surface area contributed by atoms with Crippen molar-refractivity contribution in [1.29, 1.82) is 0 Å². The smallest absolute Gasteiger partial charge is 0.339 e. The van der Waals surface area contributed by atoms with Gasteiger partial charge in [0.25, 0.3) is 0 Å². The van der Waals surface area contributed by atoms with Crippen LogP contribution in [0.5, 0.6) is 11.6 Å². The van der Waals surface area contributed by atoms with Crippen LogP contribution in [0, 0.1) is 5.41 Å². The summed E-state index contributed by atoms with van der Waals surface area (Å²) in [5.74, 6) is 0.481. The molecule has 0 fully saturated rings. The largest absolute Gasteiger partial charge is 0.438 e. The SMILES string of the molecule is CN(C)C(=O)N1CC(c2ccc3c(n2)Oc2ccccc2[C@@H]3C(C)(C)C(=O)Nc2nncs2)C=N1. The first-order chi connectivity index (χ1) is 16.8. The van der Waals surface area contributed by atoms with Gasteiger partial charge < -0.3 is 15.0 Å². The molecule has 2 atom stereocenters. The highest BCUT2D eigenvalue weighted by atomic mass is 32.1. The Bertz CT molecular complexity index is 1310. The third kappa shape index (κ3) is 4.12. The number of urea groups is 1. The van der Waals surface area contributed by atoms with Gasteiger partial charge in [-0.15, -0.1) is 10.2 Å². The number of benzene rings is 1. The Hall–Kier alpha value is -3.86. The number of ether oxygens (including phenoxy) is 1. The second kappa shape index (κ2) is 8.73. The lowest BCUT2D eigenvalue weighted by Crippen LogP contribution is -2.38. The van der Waals surface area contributed by atoms with Crippen molar-refractivity contribution >= 4 is 34.6 Å². The first-order valence-corrected chi connectivity index (χ1v) is 12.0. The summed E-state index contributed by atoms with van der Waals surface area (Å²) >= 11 is 1.27. The van der Waals surface area contributed by atoms with E-state index < -0.39 is 5.41 Å². The maximum Gasteiger partial charge on any atom is 0.339 e. The molecule has 180 valence electrons. The second-order valence-electron chi connectivity index (χ2n) is 9.25. The van der Waals surface area contributed by atoms with Gasteiger partial charge in [-0.1, -0.05) is 49.4 Å². The van der Waals surface area contributed by atoms with E-state index in [4.69, 9.17) is 9.72 Å². The van der Waals surface area contributed by atoms with Crippen molar-refractivity contribution in [2.24, 2.45) is 10.5 Å². The summed E-state index contributed by atoms with van der Waals surface area (Å²) in [6.07, 6.45) is 1.73. The number of carbonyl (C=O) groups is 2. The van der Waals surface area contributed by atoms with E-state index in [0.717, 1.165) is 16.8 Å². The maximum atomic E-state index is 13.4. The summed E-state index contributed by atoms with van der Waals surface area (Å²) in [7, 11) is 3.38. The average molecular weight is 492 g/mol. The monoisotopic (exact) mass is 491 g/mol. The van der Waals surface area contributed by atoms with Gasteiger partial charge in [-0.25, -0.2) is 14.8 Å². The van der Waals surface area contributed by atoms with Crippen molar-refractivity contribution in [1.82, 2.24) is 25.1 Å². The minimum absolute atomic E-state index is 0.155. The van der Waals surface area contributed by atoms with Gasteiger partial charge in [0.15, 0.2) is 0 Å². The zero-order chi connectivity index (χ0) is 24.7. The molecule has 2 aromatic heterocycles. The third-order valence-electron chi connectivity index (χ3n) is 6.29. The van der Waals surface area contributed by atoms with E-state index in [-0.39, 0.29) is 23.8 Å². The Morgan fingerprint density at radius 2 is 1.97 bits per heavy atom. The lowest BCUT2D eigenvalue weighted by molar-refractivity contribution is -0.124. The van der Waals surface area contributed by atoms with Crippen LogP contribution in [0.2, 0.25) is 0 Å². The molecular formula is C24H25N7O3S. The normalized spacial score (nSPS) is 18.5. The van der Waals surface area contributed by atoms with E-state index in [0.29, 0.717) is 23.3 Å². The number of fused-ring (bicyclic) bond motifs is 2. The summed E-state index contributed by atoms with van der Waals surface area (Å²) in [5.41, 5.74) is 3.20. The number of nitrogens with zero attached hydrogens (tertiary/aromatic N) is 6. The molecule has 10 nitrogen and oxygen atoms in total. The molecule has 2 aliphatic heterocycles. The van der Waals surface area contributed by atoms with Crippen molar-refractivity contribution in [2.45, 2.75) is 25.7 Å². The minimum Gasteiger partial charge on any atom is -0.438 e. The van der Waals surface area contributed by atoms with Gasteiger partial charge in [0.05, 0.1) is 23.6 Å². The van der Waals surface area contributed by atoms with Gasteiger partial charge in [-0.05, 0) is 12.1 Å². The van der Waals surface area contributed by atoms with Crippen LogP contribution in [0.25, 0.3) is 0 Å². The molecular weight excluding hydrogens is 466 g/mol. The highest BCUT2D eigenvalue weighted by Gasteiger charge is 2.44. The van der Waals surface area contributed by atoms with E-state index >= 15 is 0 Å². The van der Waals surface area contributed by atoms with E-state index in [9.17, 15) is 9.59 Å². The van der Waals surface area contributed by atoms with Crippen LogP contribution < -0.4 is 10.1 Å². The fourth-order valence-electron chi connectivity index (χ4n) is 4.42. The van der Waals surface area contributed by atoms with Crippen LogP contribution in [0.15, 0.2) is 47.0 Å². The van der Waals surface area contributed by atoms with Gasteiger partial charge in [-0.3, -0.25) is 4.79 Å². The number of hydrogen-bond donors (Lipinski definition) is 1. The number of hydrogen-bond acceptors (Lipinski definition) is 8. The third-order valence-corrected chi connectivity index (χ3v) is 6.89. The standard InChI is InChI=1S/C24H25N7O3S/c1-24(2,21(32)28-22-29-25-13-35-22)19-15-7-5-6-8-18(15)34-20-16(19)9-10-17(27-20)14-11-26-31(12-14)23(33)30(3)4/h5-11,13-14,19H,12H2,1-4H3,(H,28,29,32)/t14?,19-/m0/s1. The number of anilines is 1. The zero-order valence-corrected chi connectivity index (χ0v) is 20.6. The molecule has 0 saturated heterocycles. The Balaban J connectivity index is 1.48. The van der Waals surface area contributed by atoms with Crippen LogP contribution in [0.4, 0.5) is 9.93 Å². The summed E-state index contributed by atoms with van der Waals surface area (Å²) in [4.78, 5) is 32.0. The highest BCUT2D eigenvalue weighted by molar-refractivity contribution is 7.13. The molecule has 1 N–H and O–H groups in total. The van der Waals surface area contributed by atoms with E-state index in [1.165, 1.54) is 21.2 Å². The van der Waals surface area contributed by atoms with Crippen LogP contribution >= 0.6 is 11.3 Å². The predicted octanol–water partition coefficient (Wildman–Crippen LogP) is 3.90. The molecule has 35 heavy (non-hydrogen) atoms. The predicted molar refractivity (Wildman–Crippen MR) is 132 cm³/mol. The number of rotatable bonds is 4. The van der Waals surface area contributed by atoms with Crippen molar-refractivity contribution in [3.63, 3.8) is 0 Å². The first-order valence-electron chi connectivity index (χ1n) is 11.1. The van der Waals surface area contributed by atoms with Gasteiger partial charge in [0.2, 0.25) is 16.9 Å². The van der Waals surface area contributed by atoms with E-state index in [1.54, 1.807) is 25.8 Å². The minimum atomic E-state index is -0.854. The van der Waals surface area contributed by atoms with E-state index in [2.05, 4.69) is 20.6 Å². The molecule has 3 aromatic rings. The number of hydrazone groups is 1. The van der Waals surface area contributed by atoms with Crippen molar-refractivity contribution in [3.8, 4) is 11.6 Å². The molecule has 0 saturated carbocycles. The number of aromatic nitrogens is 3. The molecule has 1 aromatic carbocycles. The molecule has 11 heteroatoms. The number of carbonyl (C=O) groups excluding carboxylic acids is 2. The lowest BCUT2D eigenvalue weighted by atomic mass is 9.69. The molecule has 0 radical (unpaired) electrons. The summed E-state index contributed by atoms with van der Waals surface area (Å²) in [5, 5.41) is 16.8. The van der Waals surface area contributed by atoms with Crippen molar-refractivity contribution in [3.05, 3.63) is 58.7 Å². The fraction of sp³-hybridized carbons (Fsp3) is 0.333. The quantitative estimate of drug-likeness (QED) is 0.592. The molecule has 1 unspecified atom stereocenters. The number of pyridine rings is 1. The van der Waals surface area contributed by atoms with Crippen LogP contribution in [0.1, 0.15) is 42.5 Å². The fourth-order valence-corrected chi connectivity index (χ4v) is 4.86. The Kier molecular flexibility index (Phi) is 5.72. The maximum absolute atomic E-state index is 13.4. The van der Waals surface area contributed by atoms with E-state index in [1.807, 2.05) is 50.2 Å². The molecule has 2 aliphatic rings. The summed E-state index contributed by atoms with van der Waals surface area (Å²) < 4.78 is 6.20. The molecule has 3 amide bonds. The Labute approximate surface area is 206 Å². The lowest BCUT2D eigenvalue weighted by Gasteiger charge is -2.37. The van der Waals surface area contributed by atoms with Gasteiger partial charge in [0.1, 0.15) is 11.3 Å². The molecule has 0 bridgehead atoms. The van der Waals surface area contributed by atoms with Crippen molar-refractivity contribution < 1.29 is 14.3 Å². The Morgan fingerprint density at radius 3 is 2.71 bits per heavy atom. The second-order valence-corrected chi connectivity index (χ2v) is 10.1. The van der Waals surface area contributed by atoms with Gasteiger partial charge in [0, 0.05) is 37.4 Å². The van der Waals surface area contributed by atoms with Crippen LogP contribution in [0.3, 0.4) is 0 Å². The molecule has 0 aliphatic carbocycles. The van der Waals surface area contributed by atoms with Gasteiger partial charge in [-0.2, -0.15) is 5.10 Å². The Morgan fingerprint density at radius 1 is 1.17 bits per heavy atom. The average Bonchev–Trinajstić information content (AvgIpc) is 3.54. The number of amides is 3. The molecule has 5 rings (SSSR count). The number of para-hydroxylation sites is 1. The summed E-state index contributed by atoms with van der Waals surface area (Å²) in [6, 6.07) is 11.4. The topological polar surface area (TPSA) is 113 Å². The van der Waals surface area contributed by atoms with Crippen LogP contribution in [-0.2, 0) is 4.79 Å². The highest BCUT2D eigenvalue weighted by Crippen LogP contribution is 2.51. The first kappa shape index (κ1) is 22.9. The van der Waals surface area contributed by atoms with Crippen LogP contribution in [-0.4, -0.2) is 63.9 Å². The molecule has 0 spiro atoms. The summed E-state index contributed by atoms with van der Waals surface area (Å²) in [6.45, 7) is 4.21. The van der Waals surface area contributed by atoms with Crippen molar-refractivity contribution in [2.75, 3.05) is 26.0 Å². The molecule has 4 heterocycles. The zero-order valence-electron chi connectivity index (χ0n) is 19.8. The van der Waals surface area contributed by atoms with Gasteiger partial charge >= 0.3 is 6.03 Å². The number of nitrogens with one attached hydrogen (secondary N) is 1.